The second-order valence-electron chi connectivity index (χ2n) is 9.05. The van der Waals surface area contributed by atoms with Crippen LogP contribution in [-0.2, 0) is 18.4 Å². The number of fused-ring (bicyclic) bond motifs is 1. The number of aromatic nitrogens is 3. The number of nitrogens with zero attached hydrogens (tertiary/aromatic N) is 4. The van der Waals surface area contributed by atoms with Crippen molar-refractivity contribution in [3.8, 4) is 0 Å². The molecule has 1 amide bonds. The molecule has 0 aliphatic heterocycles. The fourth-order valence-corrected chi connectivity index (χ4v) is 4.82. The van der Waals surface area contributed by atoms with Gasteiger partial charge in [0, 0.05) is 31.0 Å². The number of carbonyl (C=O) groups is 1. The van der Waals surface area contributed by atoms with E-state index in [1.54, 1.807) is 17.5 Å². The minimum atomic E-state index is -0.00630. The number of amides is 1. The van der Waals surface area contributed by atoms with Gasteiger partial charge in [0.15, 0.2) is 5.13 Å². The van der Waals surface area contributed by atoms with Gasteiger partial charge in [-0.05, 0) is 47.6 Å². The molecule has 0 atom stereocenters. The molecule has 4 aromatic rings. The van der Waals surface area contributed by atoms with Gasteiger partial charge in [-0.2, -0.15) is 0 Å². The van der Waals surface area contributed by atoms with E-state index in [0.29, 0.717) is 12.1 Å². The molecule has 0 aliphatic rings. The molecule has 0 saturated carbocycles. The quantitative estimate of drug-likeness (QED) is 0.301. The summed E-state index contributed by atoms with van der Waals surface area (Å²) < 4.78 is 3.16. The predicted octanol–water partition coefficient (Wildman–Crippen LogP) is 6.51. The van der Waals surface area contributed by atoms with Crippen LogP contribution in [0.15, 0.2) is 61.2 Å². The highest BCUT2D eigenvalue weighted by atomic mass is 35.5. The van der Waals surface area contributed by atoms with E-state index in [9.17, 15) is 4.79 Å². The minimum Gasteiger partial charge on any atom is -0.337 e. The van der Waals surface area contributed by atoms with Crippen molar-refractivity contribution in [3.05, 3.63) is 77.9 Å². The molecule has 2 aromatic heterocycles. The van der Waals surface area contributed by atoms with Crippen molar-refractivity contribution >= 4 is 45.0 Å². The molecule has 5 nitrogen and oxygen atoms in total. The molecule has 0 fully saturated rings. The molecule has 0 radical (unpaired) electrons. The van der Waals surface area contributed by atoms with Gasteiger partial charge in [-0.25, -0.2) is 9.97 Å². The van der Waals surface area contributed by atoms with Gasteiger partial charge in [0.05, 0.1) is 16.5 Å². The molecule has 174 valence electrons. The first-order valence-corrected chi connectivity index (χ1v) is 11.9. The van der Waals surface area contributed by atoms with Crippen LogP contribution in [-0.4, -0.2) is 27.0 Å². The first-order chi connectivity index (χ1) is 15.4. The van der Waals surface area contributed by atoms with Crippen LogP contribution in [0.3, 0.4) is 0 Å². The van der Waals surface area contributed by atoms with Crippen LogP contribution in [0.4, 0.5) is 5.13 Å². The second-order valence-corrected chi connectivity index (χ2v) is 10.1. The molecule has 2 heterocycles. The summed E-state index contributed by atoms with van der Waals surface area (Å²) >= 11 is 1.59. The average molecular weight is 483 g/mol. The molecule has 7 heteroatoms. The topological polar surface area (TPSA) is 51.0 Å². The van der Waals surface area contributed by atoms with Gasteiger partial charge in [0.1, 0.15) is 0 Å². The largest absolute Gasteiger partial charge is 0.337 e. The number of thiazole rings is 1. The highest BCUT2D eigenvalue weighted by Crippen LogP contribution is 2.32. The lowest BCUT2D eigenvalue weighted by atomic mass is 9.86. The summed E-state index contributed by atoms with van der Waals surface area (Å²) in [6, 6.07) is 14.3. The smallest absolute Gasteiger partial charge is 0.260 e. The molecular formula is C26H31ClN4OS. The van der Waals surface area contributed by atoms with Gasteiger partial charge in [0.25, 0.3) is 5.91 Å². The number of halogens is 1. The first kappa shape index (κ1) is 24.9. The Morgan fingerprint density at radius 1 is 1.12 bits per heavy atom. The number of carbonyl (C=O) groups excluding carboxylic acids is 1. The number of para-hydroxylation sites is 1. The predicted molar refractivity (Wildman–Crippen MR) is 140 cm³/mol. The summed E-state index contributed by atoms with van der Waals surface area (Å²) in [5.41, 5.74) is 4.18. The van der Waals surface area contributed by atoms with Crippen molar-refractivity contribution in [3.63, 3.8) is 0 Å². The summed E-state index contributed by atoms with van der Waals surface area (Å²) in [6.45, 7) is 10.1. The molecule has 0 unspecified atom stereocenters. The average Bonchev–Trinajstić information content (AvgIpc) is 3.45. The van der Waals surface area contributed by atoms with Gasteiger partial charge < -0.3 is 4.57 Å². The van der Waals surface area contributed by atoms with Crippen LogP contribution >= 0.6 is 23.7 Å². The zero-order chi connectivity index (χ0) is 22.7. The van der Waals surface area contributed by atoms with Crippen molar-refractivity contribution < 1.29 is 4.79 Å². The summed E-state index contributed by atoms with van der Waals surface area (Å²) in [5, 5.41) is 0.761. The Balaban J connectivity index is 0.00000306. The third-order valence-corrected chi connectivity index (χ3v) is 6.75. The summed E-state index contributed by atoms with van der Waals surface area (Å²) in [7, 11) is 0. The van der Waals surface area contributed by atoms with Gasteiger partial charge in [-0.1, -0.05) is 63.3 Å². The molecular weight excluding hydrogens is 452 g/mol. The number of hydrogen-bond donors (Lipinski definition) is 0. The summed E-state index contributed by atoms with van der Waals surface area (Å²) in [6.07, 6.45) is 7.27. The maximum atomic E-state index is 13.6. The van der Waals surface area contributed by atoms with E-state index in [-0.39, 0.29) is 23.7 Å². The van der Waals surface area contributed by atoms with Crippen molar-refractivity contribution in [1.29, 1.82) is 0 Å². The van der Waals surface area contributed by atoms with E-state index in [1.807, 2.05) is 34.1 Å². The van der Waals surface area contributed by atoms with Crippen molar-refractivity contribution in [2.75, 3.05) is 11.4 Å². The zero-order valence-corrected chi connectivity index (χ0v) is 21.2. The van der Waals surface area contributed by atoms with E-state index in [0.717, 1.165) is 34.7 Å². The Kier molecular flexibility index (Phi) is 7.92. The molecule has 0 aliphatic carbocycles. The molecule has 0 N–H and O–H groups in total. The van der Waals surface area contributed by atoms with Crippen LogP contribution in [0, 0.1) is 0 Å². The number of rotatable bonds is 7. The monoisotopic (exact) mass is 482 g/mol. The Labute approximate surface area is 205 Å². The Morgan fingerprint density at radius 3 is 2.52 bits per heavy atom. The fraction of sp³-hybridized carbons (Fsp3) is 0.346. The summed E-state index contributed by atoms with van der Waals surface area (Å²) in [4.78, 5) is 24.5. The number of hydrogen-bond acceptors (Lipinski definition) is 4. The summed E-state index contributed by atoms with van der Waals surface area (Å²) in [5.74, 6) is -0.00630. The van der Waals surface area contributed by atoms with Crippen molar-refractivity contribution in [2.24, 2.45) is 0 Å². The molecule has 0 bridgehead atoms. The van der Waals surface area contributed by atoms with Crippen LogP contribution < -0.4 is 4.90 Å². The van der Waals surface area contributed by atoms with Gasteiger partial charge >= 0.3 is 0 Å². The zero-order valence-electron chi connectivity index (χ0n) is 19.6. The molecule has 4 rings (SSSR count). The molecule has 0 spiro atoms. The maximum absolute atomic E-state index is 13.6. The highest BCUT2D eigenvalue weighted by molar-refractivity contribution is 7.22. The van der Waals surface area contributed by atoms with Crippen molar-refractivity contribution in [2.45, 2.75) is 52.5 Å². The highest BCUT2D eigenvalue weighted by Gasteiger charge is 2.22. The third kappa shape index (κ3) is 5.63. The molecule has 33 heavy (non-hydrogen) atoms. The molecule has 0 saturated heterocycles. The number of imidazole rings is 1. The van der Waals surface area contributed by atoms with E-state index in [4.69, 9.17) is 4.98 Å². The Hall–Kier alpha value is -2.70. The number of anilines is 1. The van der Waals surface area contributed by atoms with Gasteiger partial charge in [0.2, 0.25) is 0 Å². The van der Waals surface area contributed by atoms with Crippen LogP contribution in [0.5, 0.6) is 0 Å². The van der Waals surface area contributed by atoms with Crippen LogP contribution in [0.25, 0.3) is 10.2 Å². The number of benzene rings is 2. The lowest BCUT2D eigenvalue weighted by Crippen LogP contribution is -2.32. The van der Waals surface area contributed by atoms with E-state index in [1.165, 1.54) is 11.1 Å². The van der Waals surface area contributed by atoms with Gasteiger partial charge in [-0.3, -0.25) is 9.69 Å². The Bertz CT molecular complexity index is 1190. The third-order valence-electron chi connectivity index (χ3n) is 5.70. The number of aryl methyl sites for hydroxylation is 2. The first-order valence-electron chi connectivity index (χ1n) is 11.1. The maximum Gasteiger partial charge on any atom is 0.260 e. The lowest BCUT2D eigenvalue weighted by Gasteiger charge is -2.22. The normalized spacial score (nSPS) is 11.4. The standard InChI is InChI=1S/C26H30N4OS.ClH/c1-5-19-8-6-9-22-23(19)28-25(32-22)30(16-7-15-29-17-14-27-18-29)24(31)20-10-12-21(13-11-20)26(2,3)4;/h6,8-14,17-18H,5,7,15-16H2,1-4H3;1H. The van der Waals surface area contributed by atoms with E-state index < -0.39 is 0 Å². The van der Waals surface area contributed by atoms with Crippen LogP contribution in [0.1, 0.15) is 55.6 Å². The SMILES string of the molecule is CCc1cccc2sc(N(CCCn3ccnc3)C(=O)c3ccc(C(C)(C)C)cc3)nc12.Cl. The van der Waals surface area contributed by atoms with Crippen LogP contribution in [0.2, 0.25) is 0 Å². The van der Waals surface area contributed by atoms with E-state index in [2.05, 4.69) is 63.0 Å². The fourth-order valence-electron chi connectivity index (χ4n) is 3.78. The minimum absolute atomic E-state index is 0. The lowest BCUT2D eigenvalue weighted by molar-refractivity contribution is 0.0986. The Morgan fingerprint density at radius 2 is 1.88 bits per heavy atom. The molecule has 2 aromatic carbocycles. The van der Waals surface area contributed by atoms with E-state index >= 15 is 0 Å². The van der Waals surface area contributed by atoms with Crippen molar-refractivity contribution in [1.82, 2.24) is 14.5 Å². The second kappa shape index (κ2) is 10.5. The van der Waals surface area contributed by atoms with Gasteiger partial charge in [-0.15, -0.1) is 12.4 Å².